The summed E-state index contributed by atoms with van der Waals surface area (Å²) < 4.78 is 15.3. The lowest BCUT2D eigenvalue weighted by atomic mass is 10.2. The van der Waals surface area contributed by atoms with Gasteiger partial charge in [0.2, 0.25) is 0 Å². The van der Waals surface area contributed by atoms with E-state index in [-0.39, 0.29) is 12.5 Å². The van der Waals surface area contributed by atoms with Crippen molar-refractivity contribution < 1.29 is 19.0 Å². The van der Waals surface area contributed by atoms with Gasteiger partial charge < -0.3 is 25.3 Å². The predicted molar refractivity (Wildman–Crippen MR) is 71.2 cm³/mol. The average Bonchev–Trinajstić information content (AvgIpc) is 2.45. The molecule has 1 aromatic rings. The van der Waals surface area contributed by atoms with Crippen molar-refractivity contribution in [2.45, 2.75) is 12.6 Å². The Labute approximate surface area is 112 Å². The van der Waals surface area contributed by atoms with E-state index in [1.54, 1.807) is 20.3 Å². The van der Waals surface area contributed by atoms with Crippen molar-refractivity contribution in [3.8, 4) is 11.5 Å². The first-order chi connectivity index (χ1) is 9.15. The summed E-state index contributed by atoms with van der Waals surface area (Å²) in [5, 5.41) is 2.75. The first-order valence-corrected chi connectivity index (χ1v) is 5.87. The Morgan fingerprint density at radius 2 is 1.95 bits per heavy atom. The van der Waals surface area contributed by atoms with E-state index in [0.29, 0.717) is 18.0 Å². The van der Waals surface area contributed by atoms with Crippen LogP contribution in [0, 0.1) is 0 Å². The third kappa shape index (κ3) is 4.11. The highest BCUT2D eigenvalue weighted by molar-refractivity contribution is 5.81. The van der Waals surface area contributed by atoms with Crippen LogP contribution in [-0.2, 0) is 16.1 Å². The number of rotatable bonds is 7. The molecule has 0 spiro atoms. The molecule has 1 amide bonds. The lowest BCUT2D eigenvalue weighted by molar-refractivity contribution is -0.130. The molecule has 106 valence electrons. The van der Waals surface area contributed by atoms with Crippen molar-refractivity contribution in [2.75, 3.05) is 27.9 Å². The molecule has 0 saturated heterocycles. The SMILES string of the molecule is COc1ccc(CNC(=O)C(CN)OC)cc1OC. The highest BCUT2D eigenvalue weighted by Crippen LogP contribution is 2.27. The summed E-state index contributed by atoms with van der Waals surface area (Å²) in [5.74, 6) is 1.03. The van der Waals surface area contributed by atoms with Crippen LogP contribution in [0.4, 0.5) is 0 Å². The summed E-state index contributed by atoms with van der Waals surface area (Å²) >= 11 is 0. The van der Waals surface area contributed by atoms with E-state index in [2.05, 4.69) is 5.32 Å². The second-order valence-electron chi connectivity index (χ2n) is 3.87. The van der Waals surface area contributed by atoms with E-state index in [0.717, 1.165) is 5.56 Å². The Morgan fingerprint density at radius 3 is 2.47 bits per heavy atom. The van der Waals surface area contributed by atoms with Gasteiger partial charge in [-0.3, -0.25) is 4.79 Å². The van der Waals surface area contributed by atoms with Gasteiger partial charge in [0.1, 0.15) is 6.10 Å². The van der Waals surface area contributed by atoms with Crippen molar-refractivity contribution in [2.24, 2.45) is 5.73 Å². The number of ether oxygens (including phenoxy) is 3. The molecule has 19 heavy (non-hydrogen) atoms. The van der Waals surface area contributed by atoms with Gasteiger partial charge in [-0.25, -0.2) is 0 Å². The Kier molecular flexibility index (Phi) is 6.11. The lowest BCUT2D eigenvalue weighted by Crippen LogP contribution is -2.40. The molecule has 6 nitrogen and oxygen atoms in total. The fourth-order valence-corrected chi connectivity index (χ4v) is 1.60. The van der Waals surface area contributed by atoms with E-state index in [1.807, 2.05) is 12.1 Å². The standard InChI is InChI=1S/C13H20N2O4/c1-17-10-5-4-9(6-11(10)18-2)8-15-13(16)12(7-14)19-3/h4-6,12H,7-8,14H2,1-3H3,(H,15,16). The molecule has 1 rings (SSSR count). The van der Waals surface area contributed by atoms with Gasteiger partial charge in [-0.2, -0.15) is 0 Å². The van der Waals surface area contributed by atoms with Crippen LogP contribution < -0.4 is 20.5 Å². The summed E-state index contributed by atoms with van der Waals surface area (Å²) in [6.07, 6.45) is -0.625. The van der Waals surface area contributed by atoms with Crippen LogP contribution in [0.5, 0.6) is 11.5 Å². The van der Waals surface area contributed by atoms with Crippen LogP contribution >= 0.6 is 0 Å². The van der Waals surface area contributed by atoms with E-state index in [1.165, 1.54) is 7.11 Å². The van der Waals surface area contributed by atoms with E-state index in [4.69, 9.17) is 19.9 Å². The Bertz CT molecular complexity index is 419. The number of hydrogen-bond acceptors (Lipinski definition) is 5. The molecule has 0 aliphatic heterocycles. The second-order valence-corrected chi connectivity index (χ2v) is 3.87. The first kappa shape index (κ1) is 15.3. The minimum absolute atomic E-state index is 0.147. The molecule has 0 aromatic heterocycles. The minimum atomic E-state index is -0.625. The van der Waals surface area contributed by atoms with Crippen molar-refractivity contribution in [1.82, 2.24) is 5.32 Å². The molecule has 6 heteroatoms. The van der Waals surface area contributed by atoms with Crippen LogP contribution in [0.15, 0.2) is 18.2 Å². The van der Waals surface area contributed by atoms with Crippen molar-refractivity contribution in [3.05, 3.63) is 23.8 Å². The van der Waals surface area contributed by atoms with Gasteiger partial charge in [-0.15, -0.1) is 0 Å². The minimum Gasteiger partial charge on any atom is -0.493 e. The quantitative estimate of drug-likeness (QED) is 0.743. The van der Waals surface area contributed by atoms with Crippen molar-refractivity contribution >= 4 is 5.91 Å². The molecule has 1 unspecified atom stereocenters. The monoisotopic (exact) mass is 268 g/mol. The lowest BCUT2D eigenvalue weighted by Gasteiger charge is -2.14. The molecule has 0 aliphatic rings. The molecule has 3 N–H and O–H groups in total. The van der Waals surface area contributed by atoms with Gasteiger partial charge in [-0.1, -0.05) is 6.07 Å². The molecule has 0 fully saturated rings. The van der Waals surface area contributed by atoms with E-state index >= 15 is 0 Å². The maximum atomic E-state index is 11.7. The number of benzene rings is 1. The fraction of sp³-hybridized carbons (Fsp3) is 0.462. The molecule has 1 atom stereocenters. The van der Waals surface area contributed by atoms with Crippen LogP contribution in [0.2, 0.25) is 0 Å². The Hall–Kier alpha value is -1.79. The number of carbonyl (C=O) groups is 1. The summed E-state index contributed by atoms with van der Waals surface area (Å²) in [5.41, 5.74) is 6.32. The molecule has 0 heterocycles. The zero-order valence-electron chi connectivity index (χ0n) is 11.4. The topological polar surface area (TPSA) is 82.8 Å². The molecule has 0 aliphatic carbocycles. The summed E-state index contributed by atoms with van der Waals surface area (Å²) in [6, 6.07) is 5.45. The maximum absolute atomic E-state index is 11.7. The number of hydrogen-bond donors (Lipinski definition) is 2. The largest absolute Gasteiger partial charge is 0.493 e. The summed E-state index contributed by atoms with van der Waals surface area (Å²) in [7, 11) is 4.59. The highest BCUT2D eigenvalue weighted by atomic mass is 16.5. The summed E-state index contributed by atoms with van der Waals surface area (Å²) in [6.45, 7) is 0.521. The van der Waals surface area contributed by atoms with Gasteiger partial charge in [0.15, 0.2) is 11.5 Å². The van der Waals surface area contributed by atoms with Gasteiger partial charge >= 0.3 is 0 Å². The second kappa shape index (κ2) is 7.60. The molecular weight excluding hydrogens is 248 g/mol. The Morgan fingerprint density at radius 1 is 1.26 bits per heavy atom. The first-order valence-electron chi connectivity index (χ1n) is 5.87. The summed E-state index contributed by atoms with van der Waals surface area (Å²) in [4.78, 5) is 11.7. The highest BCUT2D eigenvalue weighted by Gasteiger charge is 2.15. The van der Waals surface area contributed by atoms with Crippen LogP contribution in [0.3, 0.4) is 0 Å². The molecule has 0 radical (unpaired) electrons. The van der Waals surface area contributed by atoms with Gasteiger partial charge in [0, 0.05) is 20.2 Å². The van der Waals surface area contributed by atoms with E-state index < -0.39 is 6.10 Å². The van der Waals surface area contributed by atoms with Gasteiger partial charge in [0.25, 0.3) is 5.91 Å². The number of amides is 1. The maximum Gasteiger partial charge on any atom is 0.250 e. The molecule has 1 aromatic carbocycles. The number of methoxy groups -OCH3 is 3. The third-order valence-electron chi connectivity index (χ3n) is 2.71. The van der Waals surface area contributed by atoms with Crippen molar-refractivity contribution in [3.63, 3.8) is 0 Å². The van der Waals surface area contributed by atoms with E-state index in [9.17, 15) is 4.79 Å². The zero-order valence-corrected chi connectivity index (χ0v) is 11.4. The fourth-order valence-electron chi connectivity index (χ4n) is 1.60. The van der Waals surface area contributed by atoms with Gasteiger partial charge in [-0.05, 0) is 17.7 Å². The Balaban J connectivity index is 2.65. The normalized spacial score (nSPS) is 11.8. The third-order valence-corrected chi connectivity index (χ3v) is 2.71. The molecule has 0 bridgehead atoms. The molecule has 0 saturated carbocycles. The molecular formula is C13H20N2O4. The average molecular weight is 268 g/mol. The number of carbonyl (C=O) groups excluding carboxylic acids is 1. The smallest absolute Gasteiger partial charge is 0.250 e. The predicted octanol–water partition coefficient (Wildman–Crippen LogP) is 0.294. The van der Waals surface area contributed by atoms with Crippen LogP contribution in [-0.4, -0.2) is 39.9 Å². The van der Waals surface area contributed by atoms with Gasteiger partial charge in [0.05, 0.1) is 14.2 Å². The van der Waals surface area contributed by atoms with Crippen LogP contribution in [0.25, 0.3) is 0 Å². The zero-order chi connectivity index (χ0) is 14.3. The number of nitrogens with two attached hydrogens (primary N) is 1. The number of nitrogens with one attached hydrogen (secondary N) is 1. The van der Waals surface area contributed by atoms with Crippen LogP contribution in [0.1, 0.15) is 5.56 Å². The van der Waals surface area contributed by atoms with Crippen molar-refractivity contribution in [1.29, 1.82) is 0 Å².